The third kappa shape index (κ3) is 3.58. The molecule has 24 heavy (non-hydrogen) atoms. The number of benzene rings is 1. The highest BCUT2D eigenvalue weighted by Crippen LogP contribution is 2.37. The minimum absolute atomic E-state index is 0.345. The molecule has 4 heteroatoms. The molecule has 0 N–H and O–H groups in total. The topological polar surface area (TPSA) is 26.9 Å². The first-order chi connectivity index (χ1) is 11.6. The minimum atomic E-state index is -0.939. The van der Waals surface area contributed by atoms with Crippen LogP contribution in [0.25, 0.3) is 11.3 Å². The summed E-state index contributed by atoms with van der Waals surface area (Å²) in [7, 11) is 0. The van der Waals surface area contributed by atoms with Crippen LogP contribution in [-0.2, 0) is 0 Å². The summed E-state index contributed by atoms with van der Waals surface area (Å²) in [5.74, 6) is -0.591. The largest absolute Gasteiger partial charge is 0.618 e. The Morgan fingerprint density at radius 2 is 1.79 bits per heavy atom. The molecule has 3 rings (SSSR count). The Kier molecular flexibility index (Phi) is 5.12. The van der Waals surface area contributed by atoms with Crippen molar-refractivity contribution in [2.75, 3.05) is 0 Å². The molecule has 1 saturated carbocycles. The van der Waals surface area contributed by atoms with E-state index >= 15 is 0 Å². The molecule has 128 valence electrons. The highest BCUT2D eigenvalue weighted by atomic mass is 19.2. The molecule has 0 amide bonds. The Hall–Kier alpha value is -1.97. The number of hydrogen-bond donors (Lipinski definition) is 0. The number of aromatic nitrogens is 1. The minimum Gasteiger partial charge on any atom is -0.618 e. The zero-order chi connectivity index (χ0) is 17.1. The van der Waals surface area contributed by atoms with Gasteiger partial charge in [0.15, 0.2) is 17.8 Å². The van der Waals surface area contributed by atoms with Crippen LogP contribution in [0.1, 0.15) is 56.9 Å². The van der Waals surface area contributed by atoms with E-state index in [0.29, 0.717) is 17.2 Å². The predicted molar refractivity (Wildman–Crippen MR) is 90.4 cm³/mol. The van der Waals surface area contributed by atoms with E-state index in [1.54, 1.807) is 12.3 Å². The summed E-state index contributed by atoms with van der Waals surface area (Å²) >= 11 is 0. The number of pyridine rings is 1. The fourth-order valence-electron chi connectivity index (χ4n) is 3.81. The SMILES string of the molecule is CCCC1CCC(c2ccc(-c3ccc(F)c(F)c3)[n+]([O-])c2)CC1. The van der Waals surface area contributed by atoms with Crippen LogP contribution in [0.5, 0.6) is 0 Å². The van der Waals surface area contributed by atoms with Gasteiger partial charge in [0.1, 0.15) is 0 Å². The highest BCUT2D eigenvalue weighted by Gasteiger charge is 2.24. The number of halogens is 2. The standard InChI is InChI=1S/C20H23F2NO/c1-2-3-14-4-6-15(7-5-14)17-9-11-20(23(24)13-17)16-8-10-18(21)19(22)12-16/h8-15H,2-7H2,1H3. The lowest BCUT2D eigenvalue weighted by atomic mass is 9.77. The predicted octanol–water partition coefficient (Wildman–Crippen LogP) is 5.34. The lowest BCUT2D eigenvalue weighted by molar-refractivity contribution is -0.594. The summed E-state index contributed by atoms with van der Waals surface area (Å²) in [6, 6.07) is 7.21. The second-order valence-corrected chi connectivity index (χ2v) is 6.81. The maximum absolute atomic E-state index is 13.4. The summed E-state index contributed by atoms with van der Waals surface area (Å²) in [4.78, 5) is 0. The highest BCUT2D eigenvalue weighted by molar-refractivity contribution is 5.56. The van der Waals surface area contributed by atoms with Gasteiger partial charge < -0.3 is 5.21 Å². The van der Waals surface area contributed by atoms with Crippen LogP contribution < -0.4 is 4.73 Å². The van der Waals surface area contributed by atoms with E-state index in [2.05, 4.69) is 6.92 Å². The van der Waals surface area contributed by atoms with Crippen LogP contribution >= 0.6 is 0 Å². The number of rotatable bonds is 4. The van der Waals surface area contributed by atoms with Crippen molar-refractivity contribution in [3.05, 3.63) is 58.9 Å². The second-order valence-electron chi connectivity index (χ2n) is 6.81. The summed E-state index contributed by atoms with van der Waals surface area (Å²) < 4.78 is 27.2. The molecule has 2 nitrogen and oxygen atoms in total. The van der Waals surface area contributed by atoms with Gasteiger partial charge in [0, 0.05) is 11.6 Å². The molecule has 1 fully saturated rings. The molecule has 1 heterocycles. The normalized spacial score (nSPS) is 21.0. The Balaban J connectivity index is 1.76. The Morgan fingerprint density at radius 1 is 1.04 bits per heavy atom. The zero-order valence-electron chi connectivity index (χ0n) is 14.0. The molecule has 0 bridgehead atoms. The van der Waals surface area contributed by atoms with Gasteiger partial charge in [-0.25, -0.2) is 8.78 Å². The first kappa shape index (κ1) is 16.9. The van der Waals surface area contributed by atoms with E-state index in [4.69, 9.17) is 0 Å². The summed E-state index contributed by atoms with van der Waals surface area (Å²) in [6.45, 7) is 2.23. The van der Waals surface area contributed by atoms with E-state index in [1.165, 1.54) is 31.7 Å². The molecule has 0 atom stereocenters. The maximum Gasteiger partial charge on any atom is 0.223 e. The zero-order valence-corrected chi connectivity index (χ0v) is 14.0. The first-order valence-electron chi connectivity index (χ1n) is 8.77. The van der Waals surface area contributed by atoms with Crippen molar-refractivity contribution in [1.82, 2.24) is 0 Å². The van der Waals surface area contributed by atoms with Gasteiger partial charge in [-0.05, 0) is 61.8 Å². The van der Waals surface area contributed by atoms with Crippen molar-refractivity contribution >= 4 is 0 Å². The van der Waals surface area contributed by atoms with Gasteiger partial charge in [0.05, 0.1) is 5.56 Å². The Labute approximate surface area is 141 Å². The van der Waals surface area contributed by atoms with Gasteiger partial charge in [0.25, 0.3) is 0 Å². The third-order valence-corrected chi connectivity index (χ3v) is 5.17. The molecule has 0 aliphatic heterocycles. The fourth-order valence-corrected chi connectivity index (χ4v) is 3.81. The van der Waals surface area contributed by atoms with Crippen molar-refractivity contribution in [3.63, 3.8) is 0 Å². The van der Waals surface area contributed by atoms with Gasteiger partial charge in [-0.15, -0.1) is 0 Å². The van der Waals surface area contributed by atoms with Crippen molar-refractivity contribution in [3.8, 4) is 11.3 Å². The molecule has 2 aromatic rings. The van der Waals surface area contributed by atoms with Crippen LogP contribution in [0.2, 0.25) is 0 Å². The van der Waals surface area contributed by atoms with Crippen LogP contribution in [-0.4, -0.2) is 0 Å². The number of nitrogens with zero attached hydrogens (tertiary/aromatic N) is 1. The van der Waals surface area contributed by atoms with Crippen molar-refractivity contribution in [2.45, 2.75) is 51.4 Å². The maximum atomic E-state index is 13.4. The van der Waals surface area contributed by atoms with E-state index in [9.17, 15) is 14.0 Å². The van der Waals surface area contributed by atoms with Gasteiger partial charge >= 0.3 is 0 Å². The van der Waals surface area contributed by atoms with Gasteiger partial charge in [-0.1, -0.05) is 19.8 Å². The molecular weight excluding hydrogens is 308 g/mol. The third-order valence-electron chi connectivity index (χ3n) is 5.17. The lowest BCUT2D eigenvalue weighted by Crippen LogP contribution is -2.30. The van der Waals surface area contributed by atoms with E-state index < -0.39 is 11.6 Å². The number of hydrogen-bond acceptors (Lipinski definition) is 1. The summed E-state index contributed by atoms with van der Waals surface area (Å²) in [5.41, 5.74) is 1.78. The van der Waals surface area contributed by atoms with Crippen LogP contribution in [0.15, 0.2) is 36.5 Å². The van der Waals surface area contributed by atoms with Crippen molar-refractivity contribution in [1.29, 1.82) is 0 Å². The Bertz CT molecular complexity index is 709. The van der Waals surface area contributed by atoms with Crippen molar-refractivity contribution in [2.24, 2.45) is 5.92 Å². The molecule has 0 spiro atoms. The van der Waals surface area contributed by atoms with E-state index in [0.717, 1.165) is 41.2 Å². The Morgan fingerprint density at radius 3 is 2.42 bits per heavy atom. The smallest absolute Gasteiger partial charge is 0.223 e. The molecule has 1 aliphatic rings. The average molecular weight is 331 g/mol. The van der Waals surface area contributed by atoms with Gasteiger partial charge in [-0.2, -0.15) is 4.73 Å². The van der Waals surface area contributed by atoms with Gasteiger partial charge in [-0.3, -0.25) is 0 Å². The lowest BCUT2D eigenvalue weighted by Gasteiger charge is -2.28. The quantitative estimate of drug-likeness (QED) is 0.549. The molecular formula is C20H23F2NO. The summed E-state index contributed by atoms with van der Waals surface area (Å²) in [5, 5.41) is 12.3. The molecule has 1 aromatic heterocycles. The van der Waals surface area contributed by atoms with Crippen LogP contribution in [0.4, 0.5) is 8.78 Å². The molecule has 1 aromatic carbocycles. The van der Waals surface area contributed by atoms with E-state index in [1.807, 2.05) is 6.07 Å². The van der Waals surface area contributed by atoms with Gasteiger partial charge in [0.2, 0.25) is 5.69 Å². The average Bonchev–Trinajstić information content (AvgIpc) is 2.58. The van der Waals surface area contributed by atoms with E-state index in [-0.39, 0.29) is 0 Å². The molecule has 0 radical (unpaired) electrons. The first-order valence-corrected chi connectivity index (χ1v) is 8.77. The molecule has 0 unspecified atom stereocenters. The monoisotopic (exact) mass is 331 g/mol. The second kappa shape index (κ2) is 7.29. The summed E-state index contributed by atoms with van der Waals surface area (Å²) in [6.07, 6.45) is 8.82. The van der Waals surface area contributed by atoms with Crippen LogP contribution in [0.3, 0.4) is 0 Å². The van der Waals surface area contributed by atoms with Crippen LogP contribution in [0, 0.1) is 22.8 Å². The van der Waals surface area contributed by atoms with Crippen molar-refractivity contribution < 1.29 is 13.5 Å². The fraction of sp³-hybridized carbons (Fsp3) is 0.450. The molecule has 0 saturated heterocycles. The molecule has 1 aliphatic carbocycles.